The molecule has 0 radical (unpaired) electrons. The molecule has 1 aliphatic carbocycles. The quantitative estimate of drug-likeness (QED) is 0.522. The van der Waals surface area contributed by atoms with Gasteiger partial charge in [-0.3, -0.25) is 0 Å². The van der Waals surface area contributed by atoms with Crippen molar-refractivity contribution in [2.24, 2.45) is 23.7 Å². The van der Waals surface area contributed by atoms with Crippen molar-refractivity contribution in [1.82, 2.24) is 10.6 Å². The lowest BCUT2D eigenvalue weighted by Gasteiger charge is -2.29. The van der Waals surface area contributed by atoms with Crippen LogP contribution in [-0.2, 0) is 0 Å². The van der Waals surface area contributed by atoms with E-state index in [4.69, 9.17) is 0 Å². The number of hydrogen-bond donors (Lipinski definition) is 2. The molecule has 0 aromatic heterocycles. The van der Waals surface area contributed by atoms with Gasteiger partial charge in [0.05, 0.1) is 0 Å². The molecule has 2 heteroatoms. The molecule has 0 aromatic rings. The minimum Gasteiger partial charge on any atom is -0.312 e. The molecule has 0 spiro atoms. The molecule has 6 unspecified atom stereocenters. The van der Waals surface area contributed by atoms with E-state index in [9.17, 15) is 0 Å². The summed E-state index contributed by atoms with van der Waals surface area (Å²) in [5.74, 6) is 3.21. The highest BCUT2D eigenvalue weighted by atomic mass is 15.1. The van der Waals surface area contributed by atoms with E-state index in [2.05, 4.69) is 58.3 Å². The number of nitrogens with one attached hydrogen (secondary N) is 2. The maximum absolute atomic E-state index is 3.83. The van der Waals surface area contributed by atoms with Crippen LogP contribution in [0.25, 0.3) is 0 Å². The molecule has 0 saturated carbocycles. The van der Waals surface area contributed by atoms with Crippen molar-refractivity contribution in [2.75, 3.05) is 6.54 Å². The summed E-state index contributed by atoms with van der Waals surface area (Å²) in [7, 11) is 0. The van der Waals surface area contributed by atoms with Crippen LogP contribution in [0, 0.1) is 23.7 Å². The fourth-order valence-electron chi connectivity index (χ4n) is 4.66. The second kappa shape index (κ2) is 8.67. The molecule has 1 fully saturated rings. The zero-order valence-corrected chi connectivity index (χ0v) is 16.4. The summed E-state index contributed by atoms with van der Waals surface area (Å²) in [6, 6.07) is 1.88. The molecule has 0 amide bonds. The van der Waals surface area contributed by atoms with Crippen LogP contribution in [0.2, 0.25) is 0 Å². The van der Waals surface area contributed by atoms with Crippen LogP contribution in [0.1, 0.15) is 73.6 Å². The number of rotatable bonds is 7. The average Bonchev–Trinajstić information content (AvgIpc) is 2.74. The van der Waals surface area contributed by atoms with Gasteiger partial charge in [0.1, 0.15) is 0 Å². The van der Waals surface area contributed by atoms with Gasteiger partial charge in [-0.15, -0.1) is 0 Å². The topological polar surface area (TPSA) is 24.1 Å². The van der Waals surface area contributed by atoms with Gasteiger partial charge in [-0.1, -0.05) is 39.3 Å². The highest BCUT2D eigenvalue weighted by molar-refractivity contribution is 5.11. The summed E-state index contributed by atoms with van der Waals surface area (Å²) in [4.78, 5) is 0. The highest BCUT2D eigenvalue weighted by Gasteiger charge is 2.34. The lowest BCUT2D eigenvalue weighted by Crippen LogP contribution is -2.41. The zero-order chi connectivity index (χ0) is 17.0. The molecule has 1 saturated heterocycles. The van der Waals surface area contributed by atoms with Crippen molar-refractivity contribution in [1.29, 1.82) is 0 Å². The molecule has 23 heavy (non-hydrogen) atoms. The molecule has 134 valence electrons. The lowest BCUT2D eigenvalue weighted by molar-refractivity contribution is 0.349. The number of allylic oxidation sites excluding steroid dienone is 2. The van der Waals surface area contributed by atoms with Gasteiger partial charge in [-0.2, -0.15) is 0 Å². The Labute approximate surface area is 144 Å². The molecule has 0 aromatic carbocycles. The lowest BCUT2D eigenvalue weighted by atomic mass is 9.78. The van der Waals surface area contributed by atoms with Gasteiger partial charge >= 0.3 is 0 Å². The Kier molecular flexibility index (Phi) is 7.16. The summed E-state index contributed by atoms with van der Waals surface area (Å²) in [5, 5.41) is 7.50. The van der Waals surface area contributed by atoms with Crippen LogP contribution in [0.4, 0.5) is 0 Å². The van der Waals surface area contributed by atoms with Crippen LogP contribution >= 0.6 is 0 Å². The average molecular weight is 321 g/mol. The largest absolute Gasteiger partial charge is 0.312 e. The first-order valence-corrected chi connectivity index (χ1v) is 10.1. The predicted molar refractivity (Wildman–Crippen MR) is 102 cm³/mol. The van der Waals surface area contributed by atoms with Crippen molar-refractivity contribution in [3.8, 4) is 0 Å². The standard InChI is InChI=1S/C21H40N2/c1-14(2)20(19-11-9-15(3)10-12-19)8-7-13-22-21-16(4)17(5)23-18(21)6/h11,14-18,20-23H,7-10,12-13H2,1-6H3. The van der Waals surface area contributed by atoms with Gasteiger partial charge in [-0.05, 0) is 76.2 Å². The molecule has 0 bridgehead atoms. The SMILES string of the molecule is CC1CC=C(C(CCCNC2C(C)NC(C)C2C)C(C)C)CC1. The Morgan fingerprint density at radius 2 is 1.91 bits per heavy atom. The molecule has 2 rings (SSSR count). The van der Waals surface area contributed by atoms with E-state index in [1.807, 2.05) is 0 Å². The summed E-state index contributed by atoms with van der Waals surface area (Å²) in [5.41, 5.74) is 1.76. The van der Waals surface area contributed by atoms with Gasteiger partial charge in [0.15, 0.2) is 0 Å². The zero-order valence-electron chi connectivity index (χ0n) is 16.4. The molecular formula is C21H40N2. The van der Waals surface area contributed by atoms with E-state index < -0.39 is 0 Å². The van der Waals surface area contributed by atoms with Crippen LogP contribution in [-0.4, -0.2) is 24.7 Å². The van der Waals surface area contributed by atoms with Crippen LogP contribution in [0.5, 0.6) is 0 Å². The van der Waals surface area contributed by atoms with Crippen molar-refractivity contribution >= 4 is 0 Å². The van der Waals surface area contributed by atoms with E-state index in [0.717, 1.165) is 23.7 Å². The van der Waals surface area contributed by atoms with Gasteiger partial charge in [0, 0.05) is 18.1 Å². The van der Waals surface area contributed by atoms with Crippen molar-refractivity contribution in [3.63, 3.8) is 0 Å². The first-order chi connectivity index (χ1) is 10.9. The summed E-state index contributed by atoms with van der Waals surface area (Å²) in [6.45, 7) is 15.4. The second-order valence-electron chi connectivity index (χ2n) is 8.73. The van der Waals surface area contributed by atoms with E-state index in [1.165, 1.54) is 38.6 Å². The molecule has 2 N–H and O–H groups in total. The minimum absolute atomic E-state index is 0.600. The van der Waals surface area contributed by atoms with Crippen molar-refractivity contribution < 1.29 is 0 Å². The van der Waals surface area contributed by atoms with Crippen LogP contribution in [0.15, 0.2) is 11.6 Å². The fourth-order valence-corrected chi connectivity index (χ4v) is 4.66. The third-order valence-corrected chi connectivity index (χ3v) is 6.48. The van der Waals surface area contributed by atoms with Gasteiger partial charge in [-0.25, -0.2) is 0 Å². The molecule has 6 atom stereocenters. The molecule has 1 heterocycles. The first-order valence-electron chi connectivity index (χ1n) is 10.1. The molecular weight excluding hydrogens is 280 g/mol. The van der Waals surface area contributed by atoms with E-state index in [0.29, 0.717) is 18.1 Å². The maximum Gasteiger partial charge on any atom is 0.0258 e. The van der Waals surface area contributed by atoms with Gasteiger partial charge in [0.2, 0.25) is 0 Å². The third-order valence-electron chi connectivity index (χ3n) is 6.48. The van der Waals surface area contributed by atoms with Crippen LogP contribution < -0.4 is 10.6 Å². The van der Waals surface area contributed by atoms with Crippen molar-refractivity contribution in [3.05, 3.63) is 11.6 Å². The summed E-state index contributed by atoms with van der Waals surface area (Å²) in [6.07, 6.45) is 9.27. The van der Waals surface area contributed by atoms with Crippen LogP contribution in [0.3, 0.4) is 0 Å². The third kappa shape index (κ3) is 5.06. The molecule has 2 aliphatic rings. The van der Waals surface area contributed by atoms with E-state index in [-0.39, 0.29) is 0 Å². The number of hydrogen-bond acceptors (Lipinski definition) is 2. The van der Waals surface area contributed by atoms with Crippen molar-refractivity contribution in [2.45, 2.75) is 91.8 Å². The Balaban J connectivity index is 1.77. The minimum atomic E-state index is 0.600. The van der Waals surface area contributed by atoms with E-state index in [1.54, 1.807) is 5.57 Å². The van der Waals surface area contributed by atoms with E-state index >= 15 is 0 Å². The monoisotopic (exact) mass is 320 g/mol. The predicted octanol–water partition coefficient (Wildman–Crippen LogP) is 4.76. The Bertz CT molecular complexity index is 387. The molecule has 1 aliphatic heterocycles. The summed E-state index contributed by atoms with van der Waals surface area (Å²) < 4.78 is 0. The Morgan fingerprint density at radius 3 is 2.43 bits per heavy atom. The highest BCUT2D eigenvalue weighted by Crippen LogP contribution is 2.34. The Morgan fingerprint density at radius 1 is 1.17 bits per heavy atom. The molecule has 2 nitrogen and oxygen atoms in total. The smallest absolute Gasteiger partial charge is 0.0258 e. The summed E-state index contributed by atoms with van der Waals surface area (Å²) >= 11 is 0. The second-order valence-corrected chi connectivity index (χ2v) is 8.73. The normalized spacial score (nSPS) is 36.3. The fraction of sp³-hybridized carbons (Fsp3) is 0.905. The van der Waals surface area contributed by atoms with Gasteiger partial charge < -0.3 is 10.6 Å². The first kappa shape index (κ1) is 19.0. The van der Waals surface area contributed by atoms with Gasteiger partial charge in [0.25, 0.3) is 0 Å². The maximum atomic E-state index is 3.83. The Hall–Kier alpha value is -0.340.